The van der Waals surface area contributed by atoms with Crippen LogP contribution >= 0.6 is 0 Å². The summed E-state index contributed by atoms with van der Waals surface area (Å²) < 4.78 is 30.9. The number of sulfonamides is 1. The van der Waals surface area contributed by atoms with Crippen molar-refractivity contribution in [3.05, 3.63) is 76.0 Å². The quantitative estimate of drug-likeness (QED) is 0.580. The number of hydrogen-bond acceptors (Lipinski definition) is 5. The van der Waals surface area contributed by atoms with E-state index in [2.05, 4.69) is 35.5 Å². The van der Waals surface area contributed by atoms with E-state index in [1.54, 1.807) is 37.6 Å². The fourth-order valence-electron chi connectivity index (χ4n) is 3.32. The number of rotatable bonds is 6. The predicted molar refractivity (Wildman–Crippen MR) is 129 cm³/mol. The Labute approximate surface area is 188 Å². The number of aromatic amines is 1. The Hall–Kier alpha value is -3.39. The fraction of sp³-hybridized carbons (Fsp3) is 0.250. The van der Waals surface area contributed by atoms with Gasteiger partial charge in [0.25, 0.3) is 5.56 Å². The van der Waals surface area contributed by atoms with Crippen LogP contribution in [0.2, 0.25) is 0 Å². The maximum Gasteiger partial charge on any atom is 0.255 e. The largest absolute Gasteiger partial charge is 0.496 e. The van der Waals surface area contributed by atoms with Gasteiger partial charge in [-0.25, -0.2) is 8.42 Å². The first kappa shape index (κ1) is 23.3. The number of pyridine rings is 2. The van der Waals surface area contributed by atoms with Gasteiger partial charge in [0, 0.05) is 22.9 Å². The zero-order valence-electron chi connectivity index (χ0n) is 18.8. The van der Waals surface area contributed by atoms with Crippen LogP contribution in [-0.4, -0.2) is 31.8 Å². The van der Waals surface area contributed by atoms with Gasteiger partial charge >= 0.3 is 0 Å². The number of ether oxygens (including phenoxy) is 1. The molecule has 1 aromatic carbocycles. The van der Waals surface area contributed by atoms with Crippen molar-refractivity contribution in [2.24, 2.45) is 0 Å². The maximum absolute atomic E-state index is 12.4. The highest BCUT2D eigenvalue weighted by molar-refractivity contribution is 7.92. The number of aromatic nitrogens is 2. The number of hydrogen-bond donors (Lipinski definition) is 2. The van der Waals surface area contributed by atoms with E-state index in [0.717, 1.165) is 28.7 Å². The average Bonchev–Trinajstić information content (AvgIpc) is 2.71. The molecule has 0 unspecified atom stereocenters. The Balaban J connectivity index is 2.07. The molecular weight excluding hydrogens is 426 g/mol. The summed E-state index contributed by atoms with van der Waals surface area (Å²) in [5, 5.41) is 0. The summed E-state index contributed by atoms with van der Waals surface area (Å²) >= 11 is 0. The fourth-order valence-corrected chi connectivity index (χ4v) is 3.87. The van der Waals surface area contributed by atoms with E-state index in [1.807, 2.05) is 24.3 Å². The molecule has 32 heavy (non-hydrogen) atoms. The summed E-state index contributed by atoms with van der Waals surface area (Å²) in [4.78, 5) is 19.4. The minimum absolute atomic E-state index is 0.164. The molecule has 0 saturated carbocycles. The Morgan fingerprint density at radius 1 is 1.12 bits per heavy atom. The third-order valence-corrected chi connectivity index (χ3v) is 5.39. The smallest absolute Gasteiger partial charge is 0.255 e. The topological polar surface area (TPSA) is 101 Å². The molecule has 0 amide bonds. The molecule has 0 atom stereocenters. The van der Waals surface area contributed by atoms with Crippen molar-refractivity contribution in [1.29, 1.82) is 0 Å². The van der Waals surface area contributed by atoms with E-state index in [9.17, 15) is 13.2 Å². The lowest BCUT2D eigenvalue weighted by Crippen LogP contribution is -2.15. The third kappa shape index (κ3) is 5.64. The highest BCUT2D eigenvalue weighted by Gasteiger charge is 2.22. The van der Waals surface area contributed by atoms with Gasteiger partial charge in [-0.2, -0.15) is 0 Å². The second-order valence-electron chi connectivity index (χ2n) is 8.49. The highest BCUT2D eigenvalue weighted by atomic mass is 32.2. The molecule has 3 aromatic rings. The normalized spacial score (nSPS) is 12.2. The van der Waals surface area contributed by atoms with E-state index >= 15 is 0 Å². The van der Waals surface area contributed by atoms with Gasteiger partial charge in [-0.3, -0.25) is 14.5 Å². The van der Waals surface area contributed by atoms with Crippen LogP contribution in [0.4, 0.5) is 5.69 Å². The number of nitrogens with one attached hydrogen (secondary N) is 2. The van der Waals surface area contributed by atoms with Gasteiger partial charge in [0.15, 0.2) is 0 Å². The van der Waals surface area contributed by atoms with Crippen LogP contribution in [0, 0.1) is 0 Å². The Bertz CT molecular complexity index is 1300. The first-order valence-electron chi connectivity index (χ1n) is 10.0. The number of methoxy groups -OCH3 is 1. The van der Waals surface area contributed by atoms with Crippen molar-refractivity contribution in [2.45, 2.75) is 26.2 Å². The molecule has 0 bridgehead atoms. The first-order chi connectivity index (χ1) is 15.0. The van der Waals surface area contributed by atoms with Crippen LogP contribution in [0.25, 0.3) is 23.3 Å². The molecule has 0 aliphatic carbocycles. The zero-order chi connectivity index (χ0) is 23.5. The van der Waals surface area contributed by atoms with Gasteiger partial charge in [0.05, 0.1) is 30.9 Å². The van der Waals surface area contributed by atoms with Crippen molar-refractivity contribution in [3.63, 3.8) is 0 Å². The van der Waals surface area contributed by atoms with Crippen LogP contribution in [0.5, 0.6) is 5.75 Å². The summed E-state index contributed by atoms with van der Waals surface area (Å²) in [5.41, 5.74) is 3.79. The van der Waals surface area contributed by atoms with Crippen molar-refractivity contribution >= 4 is 27.9 Å². The van der Waals surface area contributed by atoms with Gasteiger partial charge in [-0.15, -0.1) is 0 Å². The summed E-state index contributed by atoms with van der Waals surface area (Å²) in [5.74, 6) is 0.722. The molecule has 3 rings (SSSR count). The minimum atomic E-state index is -3.36. The van der Waals surface area contributed by atoms with Crippen molar-refractivity contribution in [2.75, 3.05) is 18.1 Å². The van der Waals surface area contributed by atoms with Gasteiger partial charge in [0.1, 0.15) is 5.75 Å². The number of benzene rings is 1. The number of H-pyrrole nitrogens is 1. The highest BCUT2D eigenvalue weighted by Crippen LogP contribution is 2.38. The first-order valence-corrected chi connectivity index (χ1v) is 11.9. The minimum Gasteiger partial charge on any atom is -0.496 e. The summed E-state index contributed by atoms with van der Waals surface area (Å²) in [6.45, 7) is 6.27. The van der Waals surface area contributed by atoms with Crippen molar-refractivity contribution in [3.8, 4) is 16.9 Å². The Morgan fingerprint density at radius 2 is 1.88 bits per heavy atom. The van der Waals surface area contributed by atoms with Crippen LogP contribution in [0.3, 0.4) is 0 Å². The molecule has 0 aliphatic heterocycles. The lowest BCUT2D eigenvalue weighted by molar-refractivity contribution is 0.397. The molecule has 0 spiro atoms. The Morgan fingerprint density at radius 3 is 2.44 bits per heavy atom. The zero-order valence-corrected chi connectivity index (χ0v) is 19.6. The molecule has 2 aromatic heterocycles. The van der Waals surface area contributed by atoms with Crippen LogP contribution in [-0.2, 0) is 15.4 Å². The summed E-state index contributed by atoms with van der Waals surface area (Å²) in [6.07, 6.45) is 7.84. The van der Waals surface area contributed by atoms with Gasteiger partial charge in [0.2, 0.25) is 10.0 Å². The van der Waals surface area contributed by atoms with Crippen LogP contribution in [0.15, 0.2) is 53.6 Å². The van der Waals surface area contributed by atoms with Gasteiger partial charge < -0.3 is 9.72 Å². The lowest BCUT2D eigenvalue weighted by atomic mass is 9.83. The number of nitrogens with zero attached hydrogens (tertiary/aromatic N) is 1. The van der Waals surface area contributed by atoms with E-state index in [1.165, 1.54) is 6.20 Å². The monoisotopic (exact) mass is 453 g/mol. The van der Waals surface area contributed by atoms with Crippen LogP contribution < -0.4 is 15.0 Å². The lowest BCUT2D eigenvalue weighted by Gasteiger charge is -2.24. The van der Waals surface area contributed by atoms with Gasteiger partial charge in [-0.05, 0) is 59.5 Å². The molecule has 7 nitrogen and oxygen atoms in total. The van der Waals surface area contributed by atoms with E-state index in [0.29, 0.717) is 16.9 Å². The van der Waals surface area contributed by atoms with Crippen LogP contribution in [0.1, 0.15) is 37.6 Å². The molecular formula is C24H27N3O4S. The standard InChI is InChI=1S/C24H27N3O4S/c1-24(2,3)21-14-17(20-7-6-12-25-23(20)28)13-16(22(21)31-4)8-9-18-10-11-19(15-26-18)27-32(5,29)30/h6-15,27H,1-5H3,(H,25,28)/b9-8+. The molecule has 0 aliphatic rings. The molecule has 0 saturated heterocycles. The molecule has 0 fully saturated rings. The average molecular weight is 454 g/mol. The second-order valence-corrected chi connectivity index (χ2v) is 10.2. The van der Waals surface area contributed by atoms with E-state index in [-0.39, 0.29) is 11.0 Å². The number of anilines is 1. The molecule has 2 heterocycles. The molecule has 2 N–H and O–H groups in total. The third-order valence-electron chi connectivity index (χ3n) is 4.78. The van der Waals surface area contributed by atoms with E-state index < -0.39 is 10.0 Å². The van der Waals surface area contributed by atoms with Crippen molar-refractivity contribution in [1.82, 2.24) is 9.97 Å². The van der Waals surface area contributed by atoms with Crippen molar-refractivity contribution < 1.29 is 13.2 Å². The molecule has 168 valence electrons. The molecule has 0 radical (unpaired) electrons. The predicted octanol–water partition coefficient (Wildman–Crippen LogP) is 4.28. The Kier molecular flexibility index (Phi) is 6.55. The molecule has 8 heteroatoms. The second kappa shape index (κ2) is 9.00. The SMILES string of the molecule is COc1c(/C=C/c2ccc(NS(C)(=O)=O)cn2)cc(-c2ccc[nH]c2=O)cc1C(C)(C)C. The van der Waals surface area contributed by atoms with Gasteiger partial charge in [-0.1, -0.05) is 20.8 Å². The summed E-state index contributed by atoms with van der Waals surface area (Å²) in [7, 11) is -1.73. The maximum atomic E-state index is 12.4. The summed E-state index contributed by atoms with van der Waals surface area (Å²) in [6, 6.07) is 10.8. The van der Waals surface area contributed by atoms with E-state index in [4.69, 9.17) is 4.74 Å².